The SMILES string of the molecule is N#CCCCN=C(N)CO. The van der Waals surface area contributed by atoms with Gasteiger partial charge in [-0.15, -0.1) is 0 Å². The molecule has 0 rings (SSSR count). The maximum atomic E-state index is 8.37. The molecule has 56 valence electrons. The van der Waals surface area contributed by atoms with Gasteiger partial charge < -0.3 is 10.8 Å². The Morgan fingerprint density at radius 2 is 2.40 bits per heavy atom. The first-order valence-electron chi connectivity index (χ1n) is 3.08. The van der Waals surface area contributed by atoms with E-state index in [0.29, 0.717) is 19.4 Å². The summed E-state index contributed by atoms with van der Waals surface area (Å²) in [4.78, 5) is 3.77. The van der Waals surface area contributed by atoms with Crippen LogP contribution in [0, 0.1) is 11.3 Å². The highest BCUT2D eigenvalue weighted by Gasteiger charge is 1.86. The molecular formula is C6H11N3O. The molecule has 4 nitrogen and oxygen atoms in total. The summed E-state index contributed by atoms with van der Waals surface area (Å²) in [7, 11) is 0. The van der Waals surface area contributed by atoms with Crippen LogP contribution in [0.1, 0.15) is 12.8 Å². The number of nitrogens with zero attached hydrogens (tertiary/aromatic N) is 2. The number of nitriles is 1. The third-order valence-corrected chi connectivity index (χ3v) is 0.924. The summed E-state index contributed by atoms with van der Waals surface area (Å²) >= 11 is 0. The van der Waals surface area contributed by atoms with Crippen molar-refractivity contribution in [2.45, 2.75) is 12.8 Å². The first-order valence-corrected chi connectivity index (χ1v) is 3.08. The Morgan fingerprint density at radius 3 is 2.90 bits per heavy atom. The summed E-state index contributed by atoms with van der Waals surface area (Å²) in [5, 5.41) is 16.5. The first kappa shape index (κ1) is 8.92. The minimum Gasteiger partial charge on any atom is -0.388 e. The van der Waals surface area contributed by atoms with Crippen molar-refractivity contribution in [3.8, 4) is 6.07 Å². The van der Waals surface area contributed by atoms with E-state index < -0.39 is 0 Å². The number of aliphatic imine (C=N–C) groups is 1. The standard InChI is InChI=1S/C6H11N3O/c7-3-1-2-4-9-6(8)5-10/h10H,1-2,4-5H2,(H2,8,9). The molecule has 0 spiro atoms. The zero-order chi connectivity index (χ0) is 7.82. The summed E-state index contributed by atoms with van der Waals surface area (Å²) in [5.74, 6) is 0.234. The number of aliphatic hydroxyl groups excluding tert-OH is 1. The summed E-state index contributed by atoms with van der Waals surface area (Å²) in [6.45, 7) is 0.326. The lowest BCUT2D eigenvalue weighted by Crippen LogP contribution is -2.16. The predicted octanol–water partition coefficient (Wildman–Crippen LogP) is -0.360. The van der Waals surface area contributed by atoms with E-state index in [-0.39, 0.29) is 12.4 Å². The van der Waals surface area contributed by atoms with Crippen molar-refractivity contribution in [2.75, 3.05) is 13.2 Å². The third kappa shape index (κ3) is 5.06. The molecule has 4 heteroatoms. The molecule has 0 aliphatic heterocycles. The molecule has 0 aromatic rings. The average Bonchev–Trinajstić information content (AvgIpc) is 1.98. The molecule has 0 radical (unpaired) electrons. The molecule has 0 aliphatic carbocycles. The second kappa shape index (κ2) is 6.05. The van der Waals surface area contributed by atoms with Crippen molar-refractivity contribution in [2.24, 2.45) is 10.7 Å². The van der Waals surface area contributed by atoms with Crippen LogP contribution in [-0.2, 0) is 0 Å². The molecule has 0 amide bonds. The third-order valence-electron chi connectivity index (χ3n) is 0.924. The maximum Gasteiger partial charge on any atom is 0.120 e. The van der Waals surface area contributed by atoms with E-state index in [9.17, 15) is 0 Å². The van der Waals surface area contributed by atoms with Crippen LogP contribution in [0.2, 0.25) is 0 Å². The van der Waals surface area contributed by atoms with Crippen molar-refractivity contribution >= 4 is 5.84 Å². The van der Waals surface area contributed by atoms with Crippen LogP contribution in [0.25, 0.3) is 0 Å². The molecule has 0 heterocycles. The lowest BCUT2D eigenvalue weighted by Gasteiger charge is -1.92. The van der Waals surface area contributed by atoms with Gasteiger partial charge in [-0.3, -0.25) is 4.99 Å². The number of nitrogens with two attached hydrogens (primary N) is 1. The van der Waals surface area contributed by atoms with Gasteiger partial charge in [0.25, 0.3) is 0 Å². The van der Waals surface area contributed by atoms with Crippen LogP contribution in [0.4, 0.5) is 0 Å². The Bertz CT molecular complexity index is 148. The van der Waals surface area contributed by atoms with Gasteiger partial charge in [0.2, 0.25) is 0 Å². The van der Waals surface area contributed by atoms with Gasteiger partial charge in [0.1, 0.15) is 12.4 Å². The minimum atomic E-state index is -0.202. The Labute approximate surface area is 60.0 Å². The Kier molecular flexibility index (Phi) is 5.39. The van der Waals surface area contributed by atoms with Crippen LogP contribution in [-0.4, -0.2) is 24.1 Å². The van der Waals surface area contributed by atoms with Gasteiger partial charge in [-0.1, -0.05) is 0 Å². The van der Waals surface area contributed by atoms with Gasteiger partial charge in [-0.2, -0.15) is 5.26 Å². The largest absolute Gasteiger partial charge is 0.388 e. The van der Waals surface area contributed by atoms with Crippen LogP contribution in [0.3, 0.4) is 0 Å². The highest BCUT2D eigenvalue weighted by atomic mass is 16.3. The van der Waals surface area contributed by atoms with Crippen LogP contribution in [0.15, 0.2) is 4.99 Å². The fourth-order valence-electron chi connectivity index (χ4n) is 0.431. The van der Waals surface area contributed by atoms with E-state index in [2.05, 4.69) is 4.99 Å². The molecule has 10 heavy (non-hydrogen) atoms. The highest BCUT2D eigenvalue weighted by Crippen LogP contribution is 1.86. The van der Waals surface area contributed by atoms with E-state index in [1.807, 2.05) is 6.07 Å². The van der Waals surface area contributed by atoms with E-state index in [4.69, 9.17) is 16.1 Å². The van der Waals surface area contributed by atoms with E-state index in [1.54, 1.807) is 0 Å². The summed E-state index contributed by atoms with van der Waals surface area (Å²) in [5.41, 5.74) is 5.17. The quantitative estimate of drug-likeness (QED) is 0.318. The van der Waals surface area contributed by atoms with E-state index in [0.717, 1.165) is 0 Å². The van der Waals surface area contributed by atoms with Crippen molar-refractivity contribution in [1.82, 2.24) is 0 Å². The average molecular weight is 141 g/mol. The lowest BCUT2D eigenvalue weighted by molar-refractivity contribution is 0.355. The monoisotopic (exact) mass is 141 g/mol. The molecule has 0 unspecified atom stereocenters. The fourth-order valence-corrected chi connectivity index (χ4v) is 0.431. The first-order chi connectivity index (χ1) is 4.81. The molecule has 0 fully saturated rings. The van der Waals surface area contributed by atoms with Gasteiger partial charge in [0, 0.05) is 13.0 Å². The normalized spacial score (nSPS) is 11.0. The van der Waals surface area contributed by atoms with Crippen molar-refractivity contribution in [3.63, 3.8) is 0 Å². The lowest BCUT2D eigenvalue weighted by atomic mass is 10.3. The van der Waals surface area contributed by atoms with Crippen LogP contribution >= 0.6 is 0 Å². The van der Waals surface area contributed by atoms with Gasteiger partial charge in [-0.05, 0) is 6.42 Å². The Balaban J connectivity index is 3.27. The fraction of sp³-hybridized carbons (Fsp3) is 0.667. The molecule has 0 aromatic heterocycles. The number of aliphatic hydroxyl groups is 1. The highest BCUT2D eigenvalue weighted by molar-refractivity contribution is 5.81. The smallest absolute Gasteiger partial charge is 0.120 e. The molecule has 0 atom stereocenters. The van der Waals surface area contributed by atoms with Gasteiger partial charge in [0.15, 0.2) is 0 Å². The molecule has 0 aromatic carbocycles. The number of rotatable bonds is 4. The maximum absolute atomic E-state index is 8.37. The zero-order valence-corrected chi connectivity index (χ0v) is 5.75. The molecular weight excluding hydrogens is 130 g/mol. The van der Waals surface area contributed by atoms with Crippen LogP contribution < -0.4 is 5.73 Å². The zero-order valence-electron chi connectivity index (χ0n) is 5.75. The second-order valence-electron chi connectivity index (χ2n) is 1.79. The molecule has 0 aliphatic rings. The summed E-state index contributed by atoms with van der Waals surface area (Å²) in [6.07, 6.45) is 1.19. The number of amidine groups is 1. The second-order valence-corrected chi connectivity index (χ2v) is 1.79. The number of hydrogen-bond donors (Lipinski definition) is 2. The van der Waals surface area contributed by atoms with Crippen molar-refractivity contribution in [3.05, 3.63) is 0 Å². The topological polar surface area (TPSA) is 82.4 Å². The molecule has 0 bridgehead atoms. The Morgan fingerprint density at radius 1 is 1.70 bits per heavy atom. The van der Waals surface area contributed by atoms with Gasteiger partial charge >= 0.3 is 0 Å². The van der Waals surface area contributed by atoms with Crippen molar-refractivity contribution < 1.29 is 5.11 Å². The number of unbranched alkanes of at least 4 members (excludes halogenated alkanes) is 1. The van der Waals surface area contributed by atoms with E-state index >= 15 is 0 Å². The molecule has 0 saturated heterocycles. The van der Waals surface area contributed by atoms with Gasteiger partial charge in [-0.25, -0.2) is 0 Å². The van der Waals surface area contributed by atoms with Gasteiger partial charge in [0.05, 0.1) is 6.07 Å². The summed E-state index contributed by atoms with van der Waals surface area (Å²) in [6, 6.07) is 1.99. The predicted molar refractivity (Wildman–Crippen MR) is 38.4 cm³/mol. The molecule has 0 saturated carbocycles. The number of hydrogen-bond acceptors (Lipinski definition) is 3. The van der Waals surface area contributed by atoms with Crippen molar-refractivity contribution in [1.29, 1.82) is 5.26 Å². The van der Waals surface area contributed by atoms with Crippen LogP contribution in [0.5, 0.6) is 0 Å². The Hall–Kier alpha value is -1.08. The van der Waals surface area contributed by atoms with E-state index in [1.165, 1.54) is 0 Å². The minimum absolute atomic E-state index is 0.202. The summed E-state index contributed by atoms with van der Waals surface area (Å²) < 4.78 is 0. The molecule has 3 N–H and O–H groups in total.